The molecule has 0 aromatic carbocycles. The highest BCUT2D eigenvalue weighted by Crippen LogP contribution is 2.59. The van der Waals surface area contributed by atoms with Gasteiger partial charge in [0, 0.05) is 11.5 Å². The van der Waals surface area contributed by atoms with Crippen molar-refractivity contribution in [2.45, 2.75) is 45.1 Å². The molecule has 4 fully saturated rings. The largest absolute Gasteiger partial charge is 0.369 e. The lowest BCUT2D eigenvalue weighted by molar-refractivity contribution is -0.145. The number of nitrogens with one attached hydrogen (secondary N) is 1. The minimum absolute atomic E-state index is 0.0451. The summed E-state index contributed by atoms with van der Waals surface area (Å²) in [7, 11) is 0. The summed E-state index contributed by atoms with van der Waals surface area (Å²) in [5.41, 5.74) is 6.56. The molecule has 4 saturated carbocycles. The first-order chi connectivity index (χ1) is 10.5. The second-order valence-corrected chi connectivity index (χ2v) is 8.51. The van der Waals surface area contributed by atoms with Gasteiger partial charge in [0.05, 0.1) is 4.88 Å². The highest BCUT2D eigenvalue weighted by Gasteiger charge is 2.58. The molecule has 1 aromatic heterocycles. The van der Waals surface area contributed by atoms with E-state index in [1.165, 1.54) is 11.3 Å². The summed E-state index contributed by atoms with van der Waals surface area (Å²) in [6, 6.07) is 2.17. The average molecular weight is 318 g/mol. The van der Waals surface area contributed by atoms with E-state index in [4.69, 9.17) is 5.73 Å². The van der Waals surface area contributed by atoms with E-state index < -0.39 is 0 Å². The molecule has 2 atom stereocenters. The Morgan fingerprint density at radius 1 is 1.27 bits per heavy atom. The van der Waals surface area contributed by atoms with Crippen molar-refractivity contribution < 1.29 is 9.59 Å². The number of thiophene rings is 1. The van der Waals surface area contributed by atoms with Gasteiger partial charge < -0.3 is 11.1 Å². The summed E-state index contributed by atoms with van der Waals surface area (Å²) in [5.74, 6) is 1.39. The fourth-order valence-electron chi connectivity index (χ4n) is 5.33. The predicted octanol–water partition coefficient (Wildman–Crippen LogP) is 2.47. The van der Waals surface area contributed by atoms with Gasteiger partial charge in [-0.25, -0.2) is 0 Å². The number of rotatable bonds is 3. The van der Waals surface area contributed by atoms with Crippen LogP contribution in [0.15, 0.2) is 11.4 Å². The van der Waals surface area contributed by atoms with Crippen LogP contribution in [0.4, 0.5) is 0 Å². The second kappa shape index (κ2) is 4.82. The summed E-state index contributed by atoms with van der Waals surface area (Å²) in [6.07, 6.45) is 4.98. The minimum atomic E-state index is -0.281. The van der Waals surface area contributed by atoms with E-state index in [0.717, 1.165) is 42.5 Å². The lowest BCUT2D eigenvalue weighted by Gasteiger charge is -2.58. The summed E-state index contributed by atoms with van der Waals surface area (Å²) in [5, 5.41) is 5.27. The monoisotopic (exact) mass is 318 g/mol. The van der Waals surface area contributed by atoms with Crippen LogP contribution in [-0.4, -0.2) is 17.9 Å². The molecule has 1 heterocycles. The molecule has 0 aliphatic heterocycles. The molecule has 2 amide bonds. The van der Waals surface area contributed by atoms with Crippen LogP contribution < -0.4 is 11.1 Å². The third kappa shape index (κ3) is 2.09. The molecule has 2 unspecified atom stereocenters. The maximum absolute atomic E-state index is 12.5. The van der Waals surface area contributed by atoms with E-state index in [1.807, 2.05) is 18.4 Å². The smallest absolute Gasteiger partial charge is 0.261 e. The molecule has 0 spiro atoms. The molecule has 0 radical (unpaired) electrons. The van der Waals surface area contributed by atoms with Crippen LogP contribution >= 0.6 is 11.3 Å². The van der Waals surface area contributed by atoms with E-state index in [-0.39, 0.29) is 23.3 Å². The maximum atomic E-state index is 12.5. The Morgan fingerprint density at radius 3 is 2.50 bits per heavy atom. The van der Waals surface area contributed by atoms with Crippen LogP contribution in [0.25, 0.3) is 0 Å². The quantitative estimate of drug-likeness (QED) is 0.898. The fraction of sp³-hybridized carbons (Fsp3) is 0.647. The molecular weight excluding hydrogens is 296 g/mol. The van der Waals surface area contributed by atoms with Crippen molar-refractivity contribution in [3.63, 3.8) is 0 Å². The van der Waals surface area contributed by atoms with Crippen molar-refractivity contribution in [2.75, 3.05) is 0 Å². The Hall–Kier alpha value is -1.36. The molecule has 0 saturated heterocycles. The van der Waals surface area contributed by atoms with Gasteiger partial charge in [-0.05, 0) is 73.8 Å². The third-order valence-corrected chi connectivity index (χ3v) is 7.09. The van der Waals surface area contributed by atoms with Crippen LogP contribution in [0.5, 0.6) is 0 Å². The topological polar surface area (TPSA) is 72.2 Å². The van der Waals surface area contributed by atoms with Crippen LogP contribution in [0.3, 0.4) is 0 Å². The van der Waals surface area contributed by atoms with Crippen LogP contribution in [0.1, 0.15) is 47.3 Å². The SMILES string of the molecule is Cc1csc(C(=O)N[C@H]2C3CC4CC2C[C@](C(N)=O)(C4)C3)c1. The zero-order valence-corrected chi connectivity index (χ0v) is 13.6. The number of amides is 2. The van der Waals surface area contributed by atoms with Gasteiger partial charge in [0.15, 0.2) is 0 Å². The number of hydrogen-bond acceptors (Lipinski definition) is 3. The lowest BCUT2D eigenvalue weighted by atomic mass is 9.47. The van der Waals surface area contributed by atoms with E-state index in [0.29, 0.717) is 17.8 Å². The molecule has 22 heavy (non-hydrogen) atoms. The van der Waals surface area contributed by atoms with Gasteiger partial charge in [-0.2, -0.15) is 0 Å². The summed E-state index contributed by atoms with van der Waals surface area (Å²) in [6.45, 7) is 2.01. The summed E-state index contributed by atoms with van der Waals surface area (Å²) >= 11 is 1.50. The fourth-order valence-corrected chi connectivity index (χ4v) is 6.14. The molecule has 3 N–H and O–H groups in total. The molecule has 118 valence electrons. The molecule has 4 nitrogen and oxygen atoms in total. The zero-order valence-electron chi connectivity index (χ0n) is 12.8. The Balaban J connectivity index is 1.53. The Bertz CT molecular complexity index is 622. The second-order valence-electron chi connectivity index (χ2n) is 7.60. The van der Waals surface area contributed by atoms with Gasteiger partial charge in [-0.3, -0.25) is 9.59 Å². The van der Waals surface area contributed by atoms with Gasteiger partial charge in [0.2, 0.25) is 5.91 Å². The summed E-state index contributed by atoms with van der Waals surface area (Å²) in [4.78, 5) is 25.2. The highest BCUT2D eigenvalue weighted by atomic mass is 32.1. The third-order valence-electron chi connectivity index (χ3n) is 6.05. The van der Waals surface area contributed by atoms with Crippen molar-refractivity contribution in [1.29, 1.82) is 0 Å². The first-order valence-electron chi connectivity index (χ1n) is 8.13. The standard InChI is InChI=1S/C17H22N2O2S/c1-9-2-13(22-8-9)15(20)19-14-11-3-10-4-12(14)7-17(5-10,6-11)16(18)21/h2,8,10-12,14H,3-7H2,1H3,(H2,18,21)(H,19,20)/t10?,11?,12?,14-,17-. The molecule has 4 aliphatic carbocycles. The molecular formula is C17H22N2O2S. The van der Waals surface area contributed by atoms with Gasteiger partial charge in [0.1, 0.15) is 0 Å². The van der Waals surface area contributed by atoms with Crippen LogP contribution in [0, 0.1) is 30.1 Å². The number of primary amides is 1. The summed E-state index contributed by atoms with van der Waals surface area (Å²) < 4.78 is 0. The Labute approximate surface area is 134 Å². The van der Waals surface area contributed by atoms with Crippen molar-refractivity contribution in [1.82, 2.24) is 5.32 Å². The average Bonchev–Trinajstić information content (AvgIpc) is 2.88. The maximum Gasteiger partial charge on any atom is 0.261 e. The van der Waals surface area contributed by atoms with E-state index in [2.05, 4.69) is 5.32 Å². The number of nitrogens with two attached hydrogens (primary N) is 1. The molecule has 4 aliphatic rings. The number of hydrogen-bond donors (Lipinski definition) is 2. The Morgan fingerprint density at radius 2 is 1.95 bits per heavy atom. The van der Waals surface area contributed by atoms with Crippen LogP contribution in [0.2, 0.25) is 0 Å². The van der Waals surface area contributed by atoms with Crippen molar-refractivity contribution >= 4 is 23.2 Å². The van der Waals surface area contributed by atoms with Gasteiger partial charge in [-0.1, -0.05) is 0 Å². The number of aryl methyl sites for hydroxylation is 1. The van der Waals surface area contributed by atoms with Crippen molar-refractivity contribution in [2.24, 2.45) is 28.9 Å². The van der Waals surface area contributed by atoms with Crippen molar-refractivity contribution in [3.05, 3.63) is 21.9 Å². The molecule has 1 aromatic rings. The predicted molar refractivity (Wildman–Crippen MR) is 85.5 cm³/mol. The number of carbonyl (C=O) groups excluding carboxylic acids is 2. The highest BCUT2D eigenvalue weighted by molar-refractivity contribution is 7.12. The lowest BCUT2D eigenvalue weighted by Crippen LogP contribution is -2.62. The van der Waals surface area contributed by atoms with Crippen LogP contribution in [-0.2, 0) is 4.79 Å². The van der Waals surface area contributed by atoms with Crippen molar-refractivity contribution in [3.8, 4) is 0 Å². The van der Waals surface area contributed by atoms with Gasteiger partial charge >= 0.3 is 0 Å². The zero-order chi connectivity index (χ0) is 15.5. The van der Waals surface area contributed by atoms with E-state index in [9.17, 15) is 9.59 Å². The molecule has 5 heteroatoms. The normalized spacial score (nSPS) is 39.0. The molecule has 4 bridgehead atoms. The van der Waals surface area contributed by atoms with Gasteiger partial charge in [0.25, 0.3) is 5.91 Å². The minimum Gasteiger partial charge on any atom is -0.369 e. The first-order valence-corrected chi connectivity index (χ1v) is 9.01. The van der Waals surface area contributed by atoms with Gasteiger partial charge in [-0.15, -0.1) is 11.3 Å². The first kappa shape index (κ1) is 14.2. The molecule has 5 rings (SSSR count). The van der Waals surface area contributed by atoms with E-state index in [1.54, 1.807) is 0 Å². The van der Waals surface area contributed by atoms with E-state index >= 15 is 0 Å². The number of carbonyl (C=O) groups is 2. The Kier molecular flexibility index (Phi) is 3.12.